The minimum atomic E-state index is -0.678. The number of nitrogens with one attached hydrogen (secondary N) is 1. The maximum atomic E-state index is 11.7. The van der Waals surface area contributed by atoms with E-state index in [2.05, 4.69) is 5.32 Å². The first-order valence-corrected chi connectivity index (χ1v) is 5.89. The average molecular weight is 252 g/mol. The second-order valence-corrected chi connectivity index (χ2v) is 4.13. The summed E-state index contributed by atoms with van der Waals surface area (Å²) in [6.07, 6.45) is 0.261. The molecule has 0 saturated carbocycles. The number of nitrogens with two attached hydrogens (primary N) is 1. The number of carbonyl (C=O) groups is 1. The molecular weight excluding hydrogens is 232 g/mol. The summed E-state index contributed by atoms with van der Waals surface area (Å²) >= 11 is 0. The first-order valence-electron chi connectivity index (χ1n) is 5.89. The van der Waals surface area contributed by atoms with E-state index in [-0.39, 0.29) is 25.0 Å². The van der Waals surface area contributed by atoms with E-state index in [0.717, 1.165) is 11.3 Å². The highest BCUT2D eigenvalue weighted by Gasteiger charge is 2.16. The molecule has 0 aliphatic rings. The SMILES string of the molecule is COc1cccc(C(C)NC(=O)C(N)CCO)c1. The number of aliphatic hydroxyl groups excluding tert-OH is 1. The number of aliphatic hydroxyl groups is 1. The topological polar surface area (TPSA) is 84.6 Å². The monoisotopic (exact) mass is 252 g/mol. The van der Waals surface area contributed by atoms with Gasteiger partial charge in [-0.05, 0) is 31.0 Å². The third-order valence-corrected chi connectivity index (χ3v) is 2.73. The van der Waals surface area contributed by atoms with Crippen molar-refractivity contribution in [2.75, 3.05) is 13.7 Å². The number of benzene rings is 1. The quantitative estimate of drug-likeness (QED) is 0.691. The van der Waals surface area contributed by atoms with Gasteiger partial charge in [-0.2, -0.15) is 0 Å². The number of hydrogen-bond acceptors (Lipinski definition) is 4. The van der Waals surface area contributed by atoms with Crippen LogP contribution < -0.4 is 15.8 Å². The van der Waals surface area contributed by atoms with Gasteiger partial charge in [0.05, 0.1) is 19.2 Å². The van der Waals surface area contributed by atoms with E-state index < -0.39 is 6.04 Å². The molecule has 2 atom stereocenters. The first-order chi connectivity index (χ1) is 8.58. The van der Waals surface area contributed by atoms with Crippen molar-refractivity contribution in [3.8, 4) is 5.75 Å². The molecule has 1 aromatic rings. The van der Waals surface area contributed by atoms with Crippen LogP contribution in [0.5, 0.6) is 5.75 Å². The molecule has 5 heteroatoms. The van der Waals surface area contributed by atoms with E-state index in [4.69, 9.17) is 15.6 Å². The molecule has 0 heterocycles. The van der Waals surface area contributed by atoms with Crippen LogP contribution in [0.25, 0.3) is 0 Å². The van der Waals surface area contributed by atoms with Gasteiger partial charge in [0.25, 0.3) is 0 Å². The van der Waals surface area contributed by atoms with Crippen LogP contribution in [0.1, 0.15) is 24.9 Å². The molecule has 4 N–H and O–H groups in total. The maximum absolute atomic E-state index is 11.7. The Balaban J connectivity index is 2.64. The summed E-state index contributed by atoms with van der Waals surface area (Å²) in [6.45, 7) is 1.78. The van der Waals surface area contributed by atoms with Gasteiger partial charge in [-0.1, -0.05) is 12.1 Å². The van der Waals surface area contributed by atoms with Gasteiger partial charge in [0.2, 0.25) is 5.91 Å². The highest BCUT2D eigenvalue weighted by Crippen LogP contribution is 2.18. The Morgan fingerprint density at radius 2 is 2.28 bits per heavy atom. The average Bonchev–Trinajstić information content (AvgIpc) is 2.39. The van der Waals surface area contributed by atoms with E-state index in [9.17, 15) is 4.79 Å². The summed E-state index contributed by atoms with van der Waals surface area (Å²) in [6, 6.07) is 6.65. The second-order valence-electron chi connectivity index (χ2n) is 4.13. The zero-order chi connectivity index (χ0) is 13.5. The van der Waals surface area contributed by atoms with Gasteiger partial charge >= 0.3 is 0 Å². The summed E-state index contributed by atoms with van der Waals surface area (Å²) in [7, 11) is 1.60. The maximum Gasteiger partial charge on any atom is 0.237 e. The number of methoxy groups -OCH3 is 1. The largest absolute Gasteiger partial charge is 0.497 e. The zero-order valence-corrected chi connectivity index (χ0v) is 10.7. The second kappa shape index (κ2) is 6.98. The summed E-state index contributed by atoms with van der Waals surface area (Å²) < 4.78 is 5.13. The van der Waals surface area contributed by atoms with Gasteiger partial charge in [-0.15, -0.1) is 0 Å². The lowest BCUT2D eigenvalue weighted by molar-refractivity contribution is -0.123. The molecular formula is C13H20N2O3. The van der Waals surface area contributed by atoms with E-state index in [0.29, 0.717) is 0 Å². The van der Waals surface area contributed by atoms with Gasteiger partial charge in [0.1, 0.15) is 5.75 Å². The number of carbonyl (C=O) groups excluding carboxylic acids is 1. The van der Waals surface area contributed by atoms with Crippen molar-refractivity contribution in [2.24, 2.45) is 5.73 Å². The predicted octanol–water partition coefficient (Wildman–Crippen LogP) is 0.582. The van der Waals surface area contributed by atoms with E-state index in [1.54, 1.807) is 7.11 Å². The molecule has 0 bridgehead atoms. The molecule has 0 spiro atoms. The van der Waals surface area contributed by atoms with Crippen LogP contribution >= 0.6 is 0 Å². The number of rotatable bonds is 6. The third-order valence-electron chi connectivity index (χ3n) is 2.73. The Kier molecular flexibility index (Phi) is 5.61. The molecule has 1 aromatic carbocycles. The smallest absolute Gasteiger partial charge is 0.237 e. The fraction of sp³-hybridized carbons (Fsp3) is 0.462. The lowest BCUT2D eigenvalue weighted by Crippen LogP contribution is -2.42. The van der Waals surface area contributed by atoms with E-state index in [1.165, 1.54) is 0 Å². The van der Waals surface area contributed by atoms with Gasteiger partial charge in [0, 0.05) is 6.61 Å². The Morgan fingerprint density at radius 3 is 2.89 bits per heavy atom. The number of ether oxygens (including phenoxy) is 1. The summed E-state index contributed by atoms with van der Waals surface area (Å²) in [4.78, 5) is 11.7. The van der Waals surface area contributed by atoms with Crippen molar-refractivity contribution in [3.63, 3.8) is 0 Å². The van der Waals surface area contributed by atoms with Crippen LogP contribution in [0.3, 0.4) is 0 Å². The fourth-order valence-electron chi connectivity index (χ4n) is 1.58. The Morgan fingerprint density at radius 1 is 1.56 bits per heavy atom. The standard InChI is InChI=1S/C13H20N2O3/c1-9(15-13(17)12(14)6-7-16)10-4-3-5-11(8-10)18-2/h3-5,8-9,12,16H,6-7,14H2,1-2H3,(H,15,17). The van der Waals surface area contributed by atoms with E-state index in [1.807, 2.05) is 31.2 Å². The summed E-state index contributed by atoms with van der Waals surface area (Å²) in [5, 5.41) is 11.5. The van der Waals surface area contributed by atoms with Crippen molar-refractivity contribution >= 4 is 5.91 Å². The molecule has 0 aromatic heterocycles. The minimum Gasteiger partial charge on any atom is -0.497 e. The Bertz CT molecular complexity index is 396. The highest BCUT2D eigenvalue weighted by atomic mass is 16.5. The summed E-state index contributed by atoms with van der Waals surface area (Å²) in [5.74, 6) is 0.479. The van der Waals surface area contributed by atoms with Crippen molar-refractivity contribution in [2.45, 2.75) is 25.4 Å². The Labute approximate surface area is 107 Å². The van der Waals surface area contributed by atoms with Crippen LogP contribution in [0, 0.1) is 0 Å². The van der Waals surface area contributed by atoms with Crippen LogP contribution in [0.4, 0.5) is 0 Å². The van der Waals surface area contributed by atoms with Crippen LogP contribution in [0.15, 0.2) is 24.3 Å². The molecule has 0 aliphatic carbocycles. The fourth-order valence-corrected chi connectivity index (χ4v) is 1.58. The molecule has 1 amide bonds. The highest BCUT2D eigenvalue weighted by molar-refractivity contribution is 5.81. The number of amides is 1. The molecule has 0 radical (unpaired) electrons. The van der Waals surface area contributed by atoms with Gasteiger partial charge in [0.15, 0.2) is 0 Å². The van der Waals surface area contributed by atoms with Crippen molar-refractivity contribution < 1.29 is 14.6 Å². The predicted molar refractivity (Wildman–Crippen MR) is 69.2 cm³/mol. The molecule has 5 nitrogen and oxygen atoms in total. The lowest BCUT2D eigenvalue weighted by atomic mass is 10.1. The van der Waals surface area contributed by atoms with E-state index >= 15 is 0 Å². The molecule has 1 rings (SSSR count). The Hall–Kier alpha value is -1.59. The molecule has 2 unspecified atom stereocenters. The molecule has 18 heavy (non-hydrogen) atoms. The first kappa shape index (κ1) is 14.5. The minimum absolute atomic E-state index is 0.0951. The van der Waals surface area contributed by atoms with Crippen LogP contribution in [-0.2, 0) is 4.79 Å². The lowest BCUT2D eigenvalue weighted by Gasteiger charge is -2.18. The molecule has 0 saturated heterocycles. The summed E-state index contributed by atoms with van der Waals surface area (Å²) in [5.41, 5.74) is 6.56. The van der Waals surface area contributed by atoms with Gasteiger partial charge < -0.3 is 20.9 Å². The molecule has 0 fully saturated rings. The van der Waals surface area contributed by atoms with Crippen LogP contribution in [-0.4, -0.2) is 30.8 Å². The van der Waals surface area contributed by atoms with Crippen molar-refractivity contribution in [3.05, 3.63) is 29.8 Å². The normalized spacial score (nSPS) is 13.8. The van der Waals surface area contributed by atoms with Gasteiger partial charge in [-0.25, -0.2) is 0 Å². The van der Waals surface area contributed by atoms with Crippen LogP contribution in [0.2, 0.25) is 0 Å². The van der Waals surface area contributed by atoms with Gasteiger partial charge in [-0.3, -0.25) is 4.79 Å². The van der Waals surface area contributed by atoms with Crippen molar-refractivity contribution in [1.82, 2.24) is 5.32 Å². The third kappa shape index (κ3) is 4.01. The zero-order valence-electron chi connectivity index (χ0n) is 10.7. The molecule has 0 aliphatic heterocycles. The molecule has 100 valence electrons. The van der Waals surface area contributed by atoms with Crippen molar-refractivity contribution in [1.29, 1.82) is 0 Å². The number of hydrogen-bond donors (Lipinski definition) is 3.